The molecular formula is C12H8F3N5. The Morgan fingerprint density at radius 1 is 1.05 bits per heavy atom. The Morgan fingerprint density at radius 2 is 1.85 bits per heavy atom. The van der Waals surface area contributed by atoms with Crippen LogP contribution in [0.1, 0.15) is 5.56 Å². The van der Waals surface area contributed by atoms with E-state index in [0.29, 0.717) is 17.0 Å². The highest BCUT2D eigenvalue weighted by Gasteiger charge is 2.31. The molecule has 5 nitrogen and oxygen atoms in total. The number of pyridine rings is 2. The molecule has 20 heavy (non-hydrogen) atoms. The molecule has 0 saturated carbocycles. The van der Waals surface area contributed by atoms with Crippen molar-refractivity contribution in [3.8, 4) is 11.4 Å². The Hall–Kier alpha value is -2.64. The summed E-state index contributed by atoms with van der Waals surface area (Å²) in [6.45, 7) is 0. The molecule has 0 radical (unpaired) electrons. The third-order valence-corrected chi connectivity index (χ3v) is 2.77. The molecule has 0 atom stereocenters. The maximum atomic E-state index is 12.7. The topological polar surface area (TPSA) is 69.1 Å². The molecule has 0 aromatic carbocycles. The largest absolute Gasteiger partial charge is 0.417 e. The lowest BCUT2D eigenvalue weighted by Gasteiger charge is -2.07. The first-order chi connectivity index (χ1) is 9.45. The molecular weight excluding hydrogens is 271 g/mol. The predicted molar refractivity (Wildman–Crippen MR) is 65.6 cm³/mol. The van der Waals surface area contributed by atoms with E-state index in [1.54, 1.807) is 12.1 Å². The van der Waals surface area contributed by atoms with Crippen LogP contribution in [0.15, 0.2) is 36.7 Å². The lowest BCUT2D eigenvalue weighted by Crippen LogP contribution is -2.06. The molecule has 0 aliphatic carbocycles. The van der Waals surface area contributed by atoms with Gasteiger partial charge in [-0.3, -0.25) is 4.40 Å². The molecule has 3 aromatic rings. The number of fused-ring (bicyclic) bond motifs is 1. The van der Waals surface area contributed by atoms with Crippen molar-refractivity contribution in [2.75, 3.05) is 5.73 Å². The summed E-state index contributed by atoms with van der Waals surface area (Å²) in [6, 6.07) is 5.40. The summed E-state index contributed by atoms with van der Waals surface area (Å²) in [5, 5.41) is 7.71. The van der Waals surface area contributed by atoms with Crippen LogP contribution in [0.3, 0.4) is 0 Å². The van der Waals surface area contributed by atoms with Gasteiger partial charge in [0, 0.05) is 18.0 Å². The van der Waals surface area contributed by atoms with Crippen molar-refractivity contribution in [3.63, 3.8) is 0 Å². The molecule has 2 N–H and O–H groups in total. The number of anilines is 1. The number of alkyl halides is 3. The van der Waals surface area contributed by atoms with Gasteiger partial charge in [0.25, 0.3) is 0 Å². The van der Waals surface area contributed by atoms with E-state index < -0.39 is 11.7 Å². The third-order valence-electron chi connectivity index (χ3n) is 2.77. The van der Waals surface area contributed by atoms with Gasteiger partial charge in [0.2, 0.25) is 0 Å². The van der Waals surface area contributed by atoms with Gasteiger partial charge >= 0.3 is 6.18 Å². The number of aromatic nitrogens is 4. The standard InChI is InChI=1S/C12H8F3N5/c13-12(14,15)8-2-4-10-18-19-11(20(10)6-8)7-1-3-9(16)17-5-7/h1-6H,(H2,16,17). The Morgan fingerprint density at radius 3 is 2.50 bits per heavy atom. The van der Waals surface area contributed by atoms with Crippen LogP contribution in [0.5, 0.6) is 0 Å². The lowest BCUT2D eigenvalue weighted by atomic mass is 10.2. The molecule has 0 spiro atoms. The number of nitrogens with zero attached hydrogens (tertiary/aromatic N) is 4. The second kappa shape index (κ2) is 4.19. The summed E-state index contributed by atoms with van der Waals surface area (Å²) in [4.78, 5) is 3.89. The van der Waals surface area contributed by atoms with Crippen LogP contribution in [-0.4, -0.2) is 19.6 Å². The van der Waals surface area contributed by atoms with Gasteiger partial charge in [-0.1, -0.05) is 0 Å². The lowest BCUT2D eigenvalue weighted by molar-refractivity contribution is -0.137. The van der Waals surface area contributed by atoms with Crippen molar-refractivity contribution >= 4 is 11.5 Å². The van der Waals surface area contributed by atoms with Crippen LogP contribution in [-0.2, 0) is 6.18 Å². The zero-order chi connectivity index (χ0) is 14.3. The van der Waals surface area contributed by atoms with E-state index in [2.05, 4.69) is 15.2 Å². The number of halogens is 3. The van der Waals surface area contributed by atoms with E-state index in [1.165, 1.54) is 16.7 Å². The fourth-order valence-electron chi connectivity index (χ4n) is 1.79. The molecule has 0 saturated heterocycles. The number of rotatable bonds is 1. The first-order valence-corrected chi connectivity index (χ1v) is 5.59. The second-order valence-electron chi connectivity index (χ2n) is 4.14. The molecule has 0 unspecified atom stereocenters. The summed E-state index contributed by atoms with van der Waals surface area (Å²) >= 11 is 0. The molecule has 0 aliphatic heterocycles. The van der Waals surface area contributed by atoms with Crippen molar-refractivity contribution in [2.45, 2.75) is 6.18 Å². The maximum absolute atomic E-state index is 12.7. The average Bonchev–Trinajstić information content (AvgIpc) is 2.81. The first kappa shape index (κ1) is 12.4. The molecule has 3 aromatic heterocycles. The van der Waals surface area contributed by atoms with Crippen molar-refractivity contribution < 1.29 is 13.2 Å². The van der Waals surface area contributed by atoms with Crippen molar-refractivity contribution in [3.05, 3.63) is 42.2 Å². The minimum Gasteiger partial charge on any atom is -0.384 e. The monoisotopic (exact) mass is 279 g/mol. The Bertz CT molecular complexity index is 761. The predicted octanol–water partition coefficient (Wildman–Crippen LogP) is 2.39. The van der Waals surface area contributed by atoms with Crippen LogP contribution in [0, 0.1) is 0 Å². The quantitative estimate of drug-likeness (QED) is 0.742. The SMILES string of the molecule is Nc1ccc(-c2nnc3ccc(C(F)(F)F)cn23)cn1. The zero-order valence-electron chi connectivity index (χ0n) is 9.96. The number of nitrogens with two attached hydrogens (primary N) is 1. The molecule has 102 valence electrons. The van der Waals surface area contributed by atoms with Gasteiger partial charge in [-0.25, -0.2) is 4.98 Å². The summed E-state index contributed by atoms with van der Waals surface area (Å²) < 4.78 is 39.5. The zero-order valence-corrected chi connectivity index (χ0v) is 9.96. The Labute approximate surface area is 110 Å². The molecule has 0 amide bonds. The minimum atomic E-state index is -4.42. The molecule has 0 bridgehead atoms. The molecule has 0 fully saturated rings. The van der Waals surface area contributed by atoms with Crippen molar-refractivity contribution in [1.29, 1.82) is 0 Å². The normalized spacial score (nSPS) is 11.9. The Balaban J connectivity index is 2.19. The van der Waals surface area contributed by atoms with Crippen LogP contribution in [0.2, 0.25) is 0 Å². The van der Waals surface area contributed by atoms with Gasteiger partial charge < -0.3 is 5.73 Å². The van der Waals surface area contributed by atoms with Gasteiger partial charge in [0.05, 0.1) is 5.56 Å². The van der Waals surface area contributed by atoms with Gasteiger partial charge in [-0.15, -0.1) is 10.2 Å². The molecule has 8 heteroatoms. The van der Waals surface area contributed by atoms with Gasteiger partial charge in [0.15, 0.2) is 11.5 Å². The smallest absolute Gasteiger partial charge is 0.384 e. The van der Waals surface area contributed by atoms with E-state index in [4.69, 9.17) is 5.73 Å². The summed E-state index contributed by atoms with van der Waals surface area (Å²) in [7, 11) is 0. The molecule has 3 heterocycles. The number of hydrogen-bond donors (Lipinski definition) is 1. The van der Waals surface area contributed by atoms with Crippen LogP contribution >= 0.6 is 0 Å². The molecule has 3 rings (SSSR count). The summed E-state index contributed by atoms with van der Waals surface area (Å²) in [5.74, 6) is 0.595. The van der Waals surface area contributed by atoms with E-state index in [1.807, 2.05) is 0 Å². The number of hydrogen-bond acceptors (Lipinski definition) is 4. The summed E-state index contributed by atoms with van der Waals surface area (Å²) in [6.07, 6.45) is -2.03. The van der Waals surface area contributed by atoms with E-state index in [-0.39, 0.29) is 5.82 Å². The van der Waals surface area contributed by atoms with E-state index in [9.17, 15) is 13.2 Å². The van der Waals surface area contributed by atoms with Crippen LogP contribution in [0.4, 0.5) is 19.0 Å². The van der Waals surface area contributed by atoms with Gasteiger partial charge in [0.1, 0.15) is 5.82 Å². The highest BCUT2D eigenvalue weighted by atomic mass is 19.4. The number of nitrogen functional groups attached to an aromatic ring is 1. The fraction of sp³-hybridized carbons (Fsp3) is 0.0833. The first-order valence-electron chi connectivity index (χ1n) is 5.59. The second-order valence-corrected chi connectivity index (χ2v) is 4.14. The van der Waals surface area contributed by atoms with Crippen LogP contribution < -0.4 is 5.73 Å². The van der Waals surface area contributed by atoms with E-state index in [0.717, 1.165) is 12.3 Å². The van der Waals surface area contributed by atoms with Gasteiger partial charge in [-0.05, 0) is 24.3 Å². The Kier molecular flexibility index (Phi) is 2.60. The highest BCUT2D eigenvalue weighted by Crippen LogP contribution is 2.30. The van der Waals surface area contributed by atoms with Crippen molar-refractivity contribution in [2.24, 2.45) is 0 Å². The van der Waals surface area contributed by atoms with Crippen molar-refractivity contribution in [1.82, 2.24) is 19.6 Å². The maximum Gasteiger partial charge on any atom is 0.417 e. The fourth-order valence-corrected chi connectivity index (χ4v) is 1.79. The average molecular weight is 279 g/mol. The van der Waals surface area contributed by atoms with Gasteiger partial charge in [-0.2, -0.15) is 13.2 Å². The minimum absolute atomic E-state index is 0.276. The van der Waals surface area contributed by atoms with Crippen LogP contribution in [0.25, 0.3) is 17.0 Å². The van der Waals surface area contributed by atoms with E-state index >= 15 is 0 Å². The highest BCUT2D eigenvalue weighted by molar-refractivity contribution is 5.59. The third kappa shape index (κ3) is 2.04. The molecule has 0 aliphatic rings. The summed E-state index contributed by atoms with van der Waals surface area (Å²) in [5.41, 5.74) is 5.56.